The highest BCUT2D eigenvalue weighted by atomic mass is 35.5. The van der Waals surface area contributed by atoms with E-state index in [9.17, 15) is 19.5 Å². The van der Waals surface area contributed by atoms with Crippen LogP contribution in [0.15, 0.2) is 110 Å². The highest BCUT2D eigenvalue weighted by Crippen LogP contribution is 2.32. The standard InChI is InChI=1S/C33H24ClN3O6S/c1-18-28(30(38)36-21-6-4-3-5-7-21)29(19-8-11-22(42-2)12-9-19)37-31(39)27(44-33(37)35-18)17-23-13-15-26(43-23)20-10-14-25(34)24(16-20)32(40)41/h3-17,29H,1-2H3,(H,36,38)(H,40,41)/b27-17+/t29-/m0/s1. The summed E-state index contributed by atoms with van der Waals surface area (Å²) in [4.78, 5) is 44.3. The van der Waals surface area contributed by atoms with E-state index in [1.165, 1.54) is 28.0 Å². The summed E-state index contributed by atoms with van der Waals surface area (Å²) in [6.07, 6.45) is 1.61. The summed E-state index contributed by atoms with van der Waals surface area (Å²) in [5, 5.41) is 12.5. The fourth-order valence-corrected chi connectivity index (χ4v) is 6.22. The summed E-state index contributed by atoms with van der Waals surface area (Å²) in [6.45, 7) is 1.75. The fraction of sp³-hybridized carbons (Fsp3) is 0.0909. The molecule has 11 heteroatoms. The summed E-state index contributed by atoms with van der Waals surface area (Å²) in [5.74, 6) is -0.0806. The van der Waals surface area contributed by atoms with Crippen molar-refractivity contribution < 1.29 is 23.8 Å². The summed E-state index contributed by atoms with van der Waals surface area (Å²) < 4.78 is 13.2. The Morgan fingerprint density at radius 1 is 1.07 bits per heavy atom. The van der Waals surface area contributed by atoms with Gasteiger partial charge in [-0.15, -0.1) is 0 Å². The molecule has 0 saturated heterocycles. The van der Waals surface area contributed by atoms with Crippen molar-refractivity contribution in [3.8, 4) is 17.1 Å². The Hall–Kier alpha value is -5.19. The highest BCUT2D eigenvalue weighted by molar-refractivity contribution is 7.07. The number of carbonyl (C=O) groups is 2. The number of aromatic nitrogens is 1. The number of amides is 1. The molecule has 0 bridgehead atoms. The summed E-state index contributed by atoms with van der Waals surface area (Å²) in [5.41, 5.74) is 2.30. The zero-order chi connectivity index (χ0) is 31.0. The molecule has 0 saturated carbocycles. The van der Waals surface area contributed by atoms with Gasteiger partial charge in [-0.1, -0.05) is 53.3 Å². The number of para-hydroxylation sites is 1. The molecule has 2 aromatic heterocycles. The second-order valence-corrected chi connectivity index (χ2v) is 11.3. The van der Waals surface area contributed by atoms with Crippen molar-refractivity contribution in [1.29, 1.82) is 0 Å². The normalized spacial score (nSPS) is 14.6. The maximum atomic E-state index is 14.0. The number of benzene rings is 3. The van der Waals surface area contributed by atoms with E-state index in [-0.39, 0.29) is 22.1 Å². The molecule has 0 spiro atoms. The smallest absolute Gasteiger partial charge is 0.337 e. The van der Waals surface area contributed by atoms with Gasteiger partial charge in [-0.3, -0.25) is 14.2 Å². The minimum absolute atomic E-state index is 0.0450. The molecule has 0 fully saturated rings. The monoisotopic (exact) mass is 625 g/mol. The van der Waals surface area contributed by atoms with E-state index in [1.54, 1.807) is 62.6 Å². The molecule has 0 unspecified atom stereocenters. The van der Waals surface area contributed by atoms with E-state index < -0.39 is 12.0 Å². The van der Waals surface area contributed by atoms with Crippen LogP contribution in [0.5, 0.6) is 5.75 Å². The topological polar surface area (TPSA) is 123 Å². The summed E-state index contributed by atoms with van der Waals surface area (Å²) >= 11 is 7.19. The fourth-order valence-electron chi connectivity index (χ4n) is 4.99. The van der Waals surface area contributed by atoms with Crippen LogP contribution in [0, 0.1) is 0 Å². The Morgan fingerprint density at radius 2 is 1.82 bits per heavy atom. The van der Waals surface area contributed by atoms with Crippen LogP contribution in [0.25, 0.3) is 17.4 Å². The minimum atomic E-state index is -1.15. The van der Waals surface area contributed by atoms with Crippen molar-refractivity contribution in [2.45, 2.75) is 13.0 Å². The number of hydrogen-bond donors (Lipinski definition) is 2. The van der Waals surface area contributed by atoms with Gasteiger partial charge in [0.25, 0.3) is 11.5 Å². The van der Waals surface area contributed by atoms with Crippen LogP contribution in [0.2, 0.25) is 5.02 Å². The predicted molar refractivity (Wildman–Crippen MR) is 168 cm³/mol. The number of allylic oxidation sites excluding steroid dienone is 1. The molecule has 2 N–H and O–H groups in total. The minimum Gasteiger partial charge on any atom is -0.497 e. The number of ether oxygens (including phenoxy) is 1. The number of nitrogens with zero attached hydrogens (tertiary/aromatic N) is 2. The zero-order valence-corrected chi connectivity index (χ0v) is 25.0. The number of rotatable bonds is 7. The highest BCUT2D eigenvalue weighted by Gasteiger charge is 2.32. The number of fused-ring (bicyclic) bond motifs is 1. The van der Waals surface area contributed by atoms with Crippen LogP contribution in [0.3, 0.4) is 0 Å². The van der Waals surface area contributed by atoms with Crippen LogP contribution in [0.4, 0.5) is 5.69 Å². The number of carbonyl (C=O) groups excluding carboxylic acids is 1. The van der Waals surface area contributed by atoms with Gasteiger partial charge in [0.15, 0.2) is 4.80 Å². The van der Waals surface area contributed by atoms with Crippen molar-refractivity contribution in [3.05, 3.63) is 138 Å². The van der Waals surface area contributed by atoms with Gasteiger partial charge in [-0.2, -0.15) is 0 Å². The van der Waals surface area contributed by atoms with Crippen LogP contribution in [-0.2, 0) is 4.79 Å². The van der Waals surface area contributed by atoms with E-state index in [4.69, 9.17) is 20.8 Å². The molecular formula is C33H24ClN3O6S. The average Bonchev–Trinajstić information content (AvgIpc) is 3.61. The number of aromatic carboxylic acids is 1. The van der Waals surface area contributed by atoms with Gasteiger partial charge in [-0.25, -0.2) is 9.79 Å². The molecule has 1 aliphatic rings. The van der Waals surface area contributed by atoms with Crippen molar-refractivity contribution in [2.24, 2.45) is 4.99 Å². The number of anilines is 1. The first-order valence-corrected chi connectivity index (χ1v) is 14.6. The van der Waals surface area contributed by atoms with E-state index in [0.717, 1.165) is 0 Å². The average molecular weight is 626 g/mol. The molecule has 3 heterocycles. The third kappa shape index (κ3) is 5.48. The third-order valence-corrected chi connectivity index (χ3v) is 8.42. The van der Waals surface area contributed by atoms with E-state index in [0.29, 0.717) is 54.7 Å². The summed E-state index contributed by atoms with van der Waals surface area (Å²) in [6, 6.07) is 23.5. The number of carboxylic acids is 1. The largest absolute Gasteiger partial charge is 0.497 e. The Balaban J connectivity index is 1.43. The molecule has 44 heavy (non-hydrogen) atoms. The molecule has 0 radical (unpaired) electrons. The van der Waals surface area contributed by atoms with Crippen molar-refractivity contribution in [3.63, 3.8) is 0 Å². The lowest BCUT2D eigenvalue weighted by Gasteiger charge is -2.25. The lowest BCUT2D eigenvalue weighted by Crippen LogP contribution is -2.40. The Labute approximate surface area is 259 Å². The number of carboxylic acid groups (broad SMARTS) is 1. The van der Waals surface area contributed by atoms with E-state index in [2.05, 4.69) is 10.3 Å². The number of hydrogen-bond acceptors (Lipinski definition) is 7. The molecule has 3 aromatic carbocycles. The van der Waals surface area contributed by atoms with Crippen molar-refractivity contribution in [2.75, 3.05) is 12.4 Å². The van der Waals surface area contributed by atoms with Gasteiger partial charge in [0.1, 0.15) is 17.3 Å². The molecular weight excluding hydrogens is 602 g/mol. The van der Waals surface area contributed by atoms with Crippen LogP contribution in [0.1, 0.15) is 34.6 Å². The molecule has 1 atom stereocenters. The van der Waals surface area contributed by atoms with Gasteiger partial charge in [0.05, 0.1) is 39.5 Å². The quantitative estimate of drug-likeness (QED) is 0.246. The first-order valence-electron chi connectivity index (χ1n) is 13.4. The molecule has 6 rings (SSSR count). The first-order chi connectivity index (χ1) is 21.2. The molecule has 1 aliphatic heterocycles. The molecule has 9 nitrogen and oxygen atoms in total. The van der Waals surface area contributed by atoms with Crippen molar-refractivity contribution in [1.82, 2.24) is 4.57 Å². The van der Waals surface area contributed by atoms with Gasteiger partial charge in [-0.05, 0) is 67.1 Å². The maximum Gasteiger partial charge on any atom is 0.337 e. The SMILES string of the molecule is COc1ccc([C@H]2C(C(=O)Nc3ccccc3)=C(C)N=c3s/c(=C/c4ccc(-c5ccc(Cl)c(C(=O)O)c5)o4)c(=O)n32)cc1. The van der Waals surface area contributed by atoms with Crippen LogP contribution < -0.4 is 24.9 Å². The number of methoxy groups -OCH3 is 1. The number of halogens is 1. The van der Waals surface area contributed by atoms with Crippen molar-refractivity contribution >= 4 is 46.6 Å². The Bertz CT molecular complexity index is 2130. The van der Waals surface area contributed by atoms with Crippen LogP contribution >= 0.6 is 22.9 Å². The predicted octanol–water partition coefficient (Wildman–Crippen LogP) is 5.49. The van der Waals surface area contributed by atoms with Gasteiger partial charge in [0.2, 0.25) is 0 Å². The molecule has 0 aliphatic carbocycles. The lowest BCUT2D eigenvalue weighted by molar-refractivity contribution is -0.113. The Morgan fingerprint density at radius 3 is 2.52 bits per heavy atom. The number of nitrogens with one attached hydrogen (secondary N) is 1. The van der Waals surface area contributed by atoms with E-state index >= 15 is 0 Å². The first kappa shape index (κ1) is 28.9. The second kappa shape index (κ2) is 11.8. The van der Waals surface area contributed by atoms with Crippen LogP contribution in [-0.4, -0.2) is 28.7 Å². The van der Waals surface area contributed by atoms with Gasteiger partial charge < -0.3 is 19.6 Å². The zero-order valence-electron chi connectivity index (χ0n) is 23.4. The van der Waals surface area contributed by atoms with Gasteiger partial charge >= 0.3 is 5.97 Å². The Kier molecular flexibility index (Phi) is 7.77. The van der Waals surface area contributed by atoms with Gasteiger partial charge in [0, 0.05) is 17.3 Å². The lowest BCUT2D eigenvalue weighted by atomic mass is 9.95. The third-order valence-electron chi connectivity index (χ3n) is 7.11. The number of thiazole rings is 1. The molecule has 220 valence electrons. The molecule has 1 amide bonds. The summed E-state index contributed by atoms with van der Waals surface area (Å²) in [7, 11) is 1.57. The maximum absolute atomic E-state index is 14.0. The molecule has 5 aromatic rings. The van der Waals surface area contributed by atoms with E-state index in [1.807, 2.05) is 30.3 Å². The number of furan rings is 1. The second-order valence-electron chi connectivity index (χ2n) is 9.88.